The fourth-order valence-corrected chi connectivity index (χ4v) is 6.14. The predicted molar refractivity (Wildman–Crippen MR) is 87.0 cm³/mol. The van der Waals surface area contributed by atoms with Gasteiger partial charge >= 0.3 is 0 Å². The molecule has 1 amide bonds. The molecule has 118 valence electrons. The molecule has 0 unspecified atom stereocenters. The standard InChI is InChI=1S/C12H12ClN3O3S3/c1-7(17)15-12-14-5-11(21-12)22(18,19)16-3-2-9-8(6-16)4-10(13)20-9/h4-5H,2-3,6H2,1H3,(H,14,15,17). The second kappa shape index (κ2) is 5.89. The zero-order valence-corrected chi connectivity index (χ0v) is 14.7. The van der Waals surface area contributed by atoms with Gasteiger partial charge < -0.3 is 5.32 Å². The number of nitrogens with zero attached hydrogens (tertiary/aromatic N) is 2. The summed E-state index contributed by atoms with van der Waals surface area (Å²) in [4.78, 5) is 16.1. The van der Waals surface area contributed by atoms with Crippen LogP contribution in [0.2, 0.25) is 4.34 Å². The quantitative estimate of drug-likeness (QED) is 0.891. The molecule has 0 spiro atoms. The summed E-state index contributed by atoms with van der Waals surface area (Å²) in [5.41, 5.74) is 0.955. The minimum absolute atomic E-state index is 0.126. The van der Waals surface area contributed by atoms with E-state index in [0.717, 1.165) is 21.8 Å². The van der Waals surface area contributed by atoms with Crippen molar-refractivity contribution in [2.24, 2.45) is 0 Å². The molecule has 0 saturated heterocycles. The zero-order chi connectivity index (χ0) is 15.9. The molecule has 6 nitrogen and oxygen atoms in total. The number of nitrogens with one attached hydrogen (secondary N) is 1. The van der Waals surface area contributed by atoms with Crippen LogP contribution in [0.1, 0.15) is 17.4 Å². The monoisotopic (exact) mass is 377 g/mol. The number of anilines is 1. The van der Waals surface area contributed by atoms with Crippen LogP contribution in [0.25, 0.3) is 0 Å². The lowest BCUT2D eigenvalue weighted by Gasteiger charge is -2.25. The van der Waals surface area contributed by atoms with Gasteiger partial charge in [-0.25, -0.2) is 13.4 Å². The van der Waals surface area contributed by atoms with Crippen molar-refractivity contribution in [1.29, 1.82) is 0 Å². The van der Waals surface area contributed by atoms with Gasteiger partial charge in [-0.2, -0.15) is 4.31 Å². The van der Waals surface area contributed by atoms with Crippen LogP contribution in [0, 0.1) is 0 Å². The number of carbonyl (C=O) groups excluding carboxylic acids is 1. The van der Waals surface area contributed by atoms with Gasteiger partial charge in [-0.15, -0.1) is 11.3 Å². The summed E-state index contributed by atoms with van der Waals surface area (Å²) < 4.78 is 27.5. The molecule has 0 saturated carbocycles. The number of thiophene rings is 1. The summed E-state index contributed by atoms with van der Waals surface area (Å²) >= 11 is 8.43. The van der Waals surface area contributed by atoms with Gasteiger partial charge in [0.15, 0.2) is 9.34 Å². The van der Waals surface area contributed by atoms with E-state index in [1.807, 2.05) is 6.07 Å². The fraction of sp³-hybridized carbons (Fsp3) is 0.333. The molecule has 1 N–H and O–H groups in total. The fourth-order valence-electron chi connectivity index (χ4n) is 2.19. The average molecular weight is 378 g/mol. The summed E-state index contributed by atoms with van der Waals surface area (Å²) in [6.07, 6.45) is 1.94. The molecule has 1 aliphatic rings. The number of hydrogen-bond donors (Lipinski definition) is 1. The molecule has 0 radical (unpaired) electrons. The zero-order valence-electron chi connectivity index (χ0n) is 11.5. The number of thiazole rings is 1. The van der Waals surface area contributed by atoms with E-state index in [1.165, 1.54) is 28.8 Å². The van der Waals surface area contributed by atoms with E-state index in [0.29, 0.717) is 23.8 Å². The summed E-state index contributed by atoms with van der Waals surface area (Å²) in [6.45, 7) is 2.08. The largest absolute Gasteiger partial charge is 0.302 e. The van der Waals surface area contributed by atoms with E-state index in [9.17, 15) is 13.2 Å². The Morgan fingerprint density at radius 3 is 2.95 bits per heavy atom. The first-order valence-corrected chi connectivity index (χ1v) is 9.82. The molecule has 0 atom stereocenters. The SMILES string of the molecule is CC(=O)Nc1ncc(S(=O)(=O)N2CCc3sc(Cl)cc3C2)s1. The van der Waals surface area contributed by atoms with E-state index in [1.54, 1.807) is 0 Å². The van der Waals surface area contributed by atoms with Gasteiger partial charge in [-0.1, -0.05) is 22.9 Å². The molecular weight excluding hydrogens is 366 g/mol. The van der Waals surface area contributed by atoms with E-state index in [2.05, 4.69) is 10.3 Å². The molecule has 0 fully saturated rings. The lowest BCUT2D eigenvalue weighted by atomic mass is 10.1. The van der Waals surface area contributed by atoms with Crippen molar-refractivity contribution in [3.63, 3.8) is 0 Å². The number of sulfonamides is 1. The van der Waals surface area contributed by atoms with E-state index >= 15 is 0 Å². The van der Waals surface area contributed by atoms with Crippen molar-refractivity contribution < 1.29 is 13.2 Å². The van der Waals surface area contributed by atoms with Gasteiger partial charge in [0.05, 0.1) is 10.5 Å². The molecule has 2 aromatic rings. The third-order valence-corrected chi connectivity index (χ3v) is 7.72. The van der Waals surface area contributed by atoms with Crippen molar-refractivity contribution in [3.05, 3.63) is 27.0 Å². The Morgan fingerprint density at radius 2 is 2.23 bits per heavy atom. The second-order valence-electron chi connectivity index (χ2n) is 4.75. The maximum Gasteiger partial charge on any atom is 0.254 e. The maximum absolute atomic E-state index is 12.7. The molecule has 0 bridgehead atoms. The second-order valence-corrected chi connectivity index (χ2v) is 9.72. The number of aromatic nitrogens is 1. The number of amides is 1. The Morgan fingerprint density at radius 1 is 1.45 bits per heavy atom. The Hall–Kier alpha value is -1.00. The molecule has 3 rings (SSSR count). The molecule has 0 aromatic carbocycles. The molecule has 22 heavy (non-hydrogen) atoms. The van der Waals surface area contributed by atoms with Gasteiger partial charge in [0.1, 0.15) is 0 Å². The van der Waals surface area contributed by atoms with Crippen molar-refractivity contribution in [2.75, 3.05) is 11.9 Å². The highest BCUT2D eigenvalue weighted by Gasteiger charge is 2.31. The van der Waals surface area contributed by atoms with Gasteiger partial charge in [0.2, 0.25) is 5.91 Å². The van der Waals surface area contributed by atoms with Crippen LogP contribution in [-0.4, -0.2) is 30.2 Å². The Labute approximate surface area is 140 Å². The van der Waals surface area contributed by atoms with Crippen LogP contribution < -0.4 is 5.32 Å². The minimum Gasteiger partial charge on any atom is -0.302 e. The minimum atomic E-state index is -3.61. The van der Waals surface area contributed by atoms with Crippen LogP contribution in [0.5, 0.6) is 0 Å². The molecule has 1 aliphatic heterocycles. The summed E-state index contributed by atoms with van der Waals surface area (Å²) in [7, 11) is -3.61. The van der Waals surface area contributed by atoms with Gasteiger partial charge in [-0.3, -0.25) is 4.79 Å². The van der Waals surface area contributed by atoms with Crippen molar-refractivity contribution in [2.45, 2.75) is 24.1 Å². The normalized spacial score (nSPS) is 15.5. The first-order chi connectivity index (χ1) is 10.4. The van der Waals surface area contributed by atoms with Crippen molar-refractivity contribution in [1.82, 2.24) is 9.29 Å². The molecule has 3 heterocycles. The predicted octanol–water partition coefficient (Wildman–Crippen LogP) is 2.56. The molecular formula is C12H12ClN3O3S3. The average Bonchev–Trinajstić information content (AvgIpc) is 3.02. The van der Waals surface area contributed by atoms with Gasteiger partial charge in [0, 0.05) is 24.9 Å². The third-order valence-electron chi connectivity index (χ3n) is 3.16. The van der Waals surface area contributed by atoms with Crippen molar-refractivity contribution >= 4 is 55.3 Å². The van der Waals surface area contributed by atoms with Gasteiger partial charge in [0.25, 0.3) is 10.0 Å². The smallest absolute Gasteiger partial charge is 0.254 e. The topological polar surface area (TPSA) is 79.4 Å². The first kappa shape index (κ1) is 15.9. The highest BCUT2D eigenvalue weighted by Crippen LogP contribution is 2.34. The lowest BCUT2D eigenvalue weighted by molar-refractivity contribution is -0.114. The van der Waals surface area contributed by atoms with Gasteiger partial charge in [-0.05, 0) is 18.1 Å². The van der Waals surface area contributed by atoms with Crippen LogP contribution in [0.3, 0.4) is 0 Å². The summed E-state index contributed by atoms with van der Waals surface area (Å²) in [5.74, 6) is -0.283. The van der Waals surface area contributed by atoms with Crippen molar-refractivity contribution in [3.8, 4) is 0 Å². The maximum atomic E-state index is 12.7. The molecule has 0 aliphatic carbocycles. The van der Waals surface area contributed by atoms with E-state index < -0.39 is 10.0 Å². The summed E-state index contributed by atoms with van der Waals surface area (Å²) in [5, 5.41) is 2.77. The van der Waals surface area contributed by atoms with Crippen LogP contribution in [0.15, 0.2) is 16.5 Å². The Kier molecular flexibility index (Phi) is 4.25. The number of fused-ring (bicyclic) bond motifs is 1. The van der Waals surface area contributed by atoms with E-state index in [4.69, 9.17) is 11.6 Å². The number of rotatable bonds is 3. The van der Waals surface area contributed by atoms with Crippen LogP contribution >= 0.6 is 34.3 Å². The Bertz CT molecular complexity index is 828. The van der Waals surface area contributed by atoms with Crippen LogP contribution in [0.4, 0.5) is 5.13 Å². The lowest BCUT2D eigenvalue weighted by Crippen LogP contribution is -2.34. The Balaban J connectivity index is 1.84. The highest BCUT2D eigenvalue weighted by atomic mass is 35.5. The van der Waals surface area contributed by atoms with Crippen LogP contribution in [-0.2, 0) is 27.8 Å². The molecule has 2 aromatic heterocycles. The number of halogens is 1. The summed E-state index contributed by atoms with van der Waals surface area (Å²) in [6, 6.07) is 1.82. The number of hydrogen-bond acceptors (Lipinski definition) is 6. The number of carbonyl (C=O) groups is 1. The van der Waals surface area contributed by atoms with E-state index in [-0.39, 0.29) is 15.2 Å². The molecule has 10 heteroatoms. The third kappa shape index (κ3) is 3.04. The highest BCUT2D eigenvalue weighted by molar-refractivity contribution is 7.91. The first-order valence-electron chi connectivity index (χ1n) is 6.37.